The molecule has 1 aliphatic carbocycles. The summed E-state index contributed by atoms with van der Waals surface area (Å²) in [5.41, 5.74) is 2.60. The Morgan fingerprint density at radius 1 is 1.23 bits per heavy atom. The van der Waals surface area contributed by atoms with Crippen molar-refractivity contribution in [3.05, 3.63) is 59.3 Å². The number of carbonyl (C=O) groups is 1. The van der Waals surface area contributed by atoms with Crippen LogP contribution in [0.25, 0.3) is 5.69 Å². The molecule has 1 unspecified atom stereocenters. The van der Waals surface area contributed by atoms with Gasteiger partial charge in [-0.1, -0.05) is 11.6 Å². The van der Waals surface area contributed by atoms with Gasteiger partial charge in [-0.05, 0) is 56.9 Å². The first-order valence-electron chi connectivity index (χ1n) is 10.4. The zero-order valence-corrected chi connectivity index (χ0v) is 18.1. The fraction of sp³-hybridized carbons (Fsp3) is 0.364. The van der Waals surface area contributed by atoms with Gasteiger partial charge in [0, 0.05) is 28.7 Å². The van der Waals surface area contributed by atoms with Crippen LogP contribution in [-0.4, -0.2) is 38.3 Å². The number of nitrogens with one attached hydrogen (secondary N) is 1. The molecule has 9 heteroatoms. The van der Waals surface area contributed by atoms with Crippen molar-refractivity contribution >= 4 is 29.5 Å². The van der Waals surface area contributed by atoms with Crippen LogP contribution in [0.15, 0.2) is 42.9 Å². The number of imidazole rings is 1. The SMILES string of the molecule is Cc1cc(N2C(=O)OCC2C2CC2)nc(N[C@@H](C)c2cn(-c3ccc(Cl)cc3)cn2)n1. The van der Waals surface area contributed by atoms with Gasteiger partial charge in [0.2, 0.25) is 5.95 Å². The van der Waals surface area contributed by atoms with E-state index in [1.165, 1.54) is 0 Å². The minimum Gasteiger partial charge on any atom is -0.447 e. The molecule has 0 radical (unpaired) electrons. The summed E-state index contributed by atoms with van der Waals surface area (Å²) in [5, 5.41) is 4.01. The highest BCUT2D eigenvalue weighted by Crippen LogP contribution is 2.39. The van der Waals surface area contributed by atoms with Crippen LogP contribution in [0.3, 0.4) is 0 Å². The standard InChI is InChI=1S/C22H23ClN6O2/c1-13-9-20(29-19(15-3-4-15)11-31-22(29)30)27-21(25-13)26-14(2)18-10-28(12-24-18)17-7-5-16(23)6-8-17/h5-10,12,14-15,19H,3-4,11H2,1-2H3,(H,25,26,27)/t14-,19?/m0/s1. The van der Waals surface area contributed by atoms with Crippen molar-refractivity contribution < 1.29 is 9.53 Å². The summed E-state index contributed by atoms with van der Waals surface area (Å²) < 4.78 is 7.24. The molecular weight excluding hydrogens is 416 g/mol. The number of anilines is 2. The van der Waals surface area contributed by atoms with E-state index < -0.39 is 0 Å². The zero-order valence-electron chi connectivity index (χ0n) is 17.3. The Balaban J connectivity index is 1.35. The number of aromatic nitrogens is 4. The van der Waals surface area contributed by atoms with E-state index in [0.29, 0.717) is 29.3 Å². The number of hydrogen-bond donors (Lipinski definition) is 1. The predicted molar refractivity (Wildman–Crippen MR) is 118 cm³/mol. The molecule has 0 spiro atoms. The minimum atomic E-state index is -0.337. The minimum absolute atomic E-state index is 0.0575. The zero-order chi connectivity index (χ0) is 21.5. The van der Waals surface area contributed by atoms with Gasteiger partial charge in [0.05, 0.1) is 24.1 Å². The lowest BCUT2D eigenvalue weighted by Gasteiger charge is -2.21. The monoisotopic (exact) mass is 438 g/mol. The maximum absolute atomic E-state index is 12.3. The number of amides is 1. The molecule has 3 heterocycles. The Morgan fingerprint density at radius 3 is 2.74 bits per heavy atom. The fourth-order valence-electron chi connectivity index (χ4n) is 3.85. The molecule has 1 aliphatic heterocycles. The molecule has 3 aromatic rings. The van der Waals surface area contributed by atoms with Crippen molar-refractivity contribution in [1.29, 1.82) is 0 Å². The van der Waals surface area contributed by atoms with Gasteiger partial charge in [0.15, 0.2) is 0 Å². The van der Waals surface area contributed by atoms with E-state index in [-0.39, 0.29) is 18.2 Å². The number of halogens is 1. The van der Waals surface area contributed by atoms with E-state index in [0.717, 1.165) is 29.9 Å². The number of ether oxygens (including phenoxy) is 1. The molecule has 8 nitrogen and oxygen atoms in total. The summed E-state index contributed by atoms with van der Waals surface area (Å²) in [6.07, 6.45) is 5.63. The third-order valence-corrected chi connectivity index (χ3v) is 5.93. The van der Waals surface area contributed by atoms with Gasteiger partial charge in [-0.15, -0.1) is 0 Å². The number of cyclic esters (lactones) is 1. The van der Waals surface area contributed by atoms with Crippen molar-refractivity contribution in [2.75, 3.05) is 16.8 Å². The van der Waals surface area contributed by atoms with E-state index in [9.17, 15) is 4.79 Å². The average molecular weight is 439 g/mol. The lowest BCUT2D eigenvalue weighted by atomic mass is 10.2. The normalized spacial score (nSPS) is 19.4. The lowest BCUT2D eigenvalue weighted by Crippen LogP contribution is -2.36. The van der Waals surface area contributed by atoms with Crippen LogP contribution < -0.4 is 10.2 Å². The summed E-state index contributed by atoms with van der Waals surface area (Å²) in [7, 11) is 0. The van der Waals surface area contributed by atoms with Crippen molar-refractivity contribution in [3.8, 4) is 5.69 Å². The van der Waals surface area contributed by atoms with Crippen LogP contribution in [0.4, 0.5) is 16.6 Å². The topological polar surface area (TPSA) is 85.2 Å². The number of aryl methyl sites for hydroxylation is 1. The van der Waals surface area contributed by atoms with Gasteiger partial charge in [-0.25, -0.2) is 14.8 Å². The van der Waals surface area contributed by atoms with E-state index >= 15 is 0 Å². The maximum Gasteiger partial charge on any atom is 0.415 e. The summed E-state index contributed by atoms with van der Waals surface area (Å²) >= 11 is 5.98. The first-order valence-corrected chi connectivity index (χ1v) is 10.7. The smallest absolute Gasteiger partial charge is 0.415 e. The van der Waals surface area contributed by atoms with Crippen LogP contribution in [0.2, 0.25) is 5.02 Å². The molecule has 1 N–H and O–H groups in total. The second kappa shape index (κ2) is 7.85. The first-order chi connectivity index (χ1) is 15.0. The molecule has 1 saturated heterocycles. The molecule has 2 aromatic heterocycles. The molecule has 1 amide bonds. The molecule has 5 rings (SSSR count). The average Bonchev–Trinajstić information content (AvgIpc) is 3.32. The van der Waals surface area contributed by atoms with Gasteiger partial charge < -0.3 is 14.6 Å². The molecule has 0 bridgehead atoms. The maximum atomic E-state index is 12.3. The van der Waals surface area contributed by atoms with Gasteiger partial charge in [0.1, 0.15) is 12.4 Å². The Bertz CT molecular complexity index is 1110. The summed E-state index contributed by atoms with van der Waals surface area (Å²) in [4.78, 5) is 27.7. The van der Waals surface area contributed by atoms with Crippen LogP contribution in [-0.2, 0) is 4.74 Å². The van der Waals surface area contributed by atoms with Crippen LogP contribution in [0.5, 0.6) is 0 Å². The largest absolute Gasteiger partial charge is 0.447 e. The van der Waals surface area contributed by atoms with E-state index in [2.05, 4.69) is 20.3 Å². The second-order valence-corrected chi connectivity index (χ2v) is 8.53. The van der Waals surface area contributed by atoms with Crippen LogP contribution in [0.1, 0.15) is 37.2 Å². The van der Waals surface area contributed by atoms with Gasteiger partial charge in [-0.2, -0.15) is 4.98 Å². The Morgan fingerprint density at radius 2 is 2.00 bits per heavy atom. The van der Waals surface area contributed by atoms with Crippen molar-refractivity contribution in [1.82, 2.24) is 19.5 Å². The summed E-state index contributed by atoms with van der Waals surface area (Å²) in [6, 6.07) is 9.32. The van der Waals surface area contributed by atoms with Crippen molar-refractivity contribution in [2.24, 2.45) is 5.92 Å². The molecule has 2 aliphatic rings. The van der Waals surface area contributed by atoms with E-state index in [4.69, 9.17) is 16.3 Å². The highest BCUT2D eigenvalue weighted by molar-refractivity contribution is 6.30. The number of hydrogen-bond acceptors (Lipinski definition) is 6. The van der Waals surface area contributed by atoms with Gasteiger partial charge in [-0.3, -0.25) is 4.90 Å². The van der Waals surface area contributed by atoms with Crippen LogP contribution in [0, 0.1) is 12.8 Å². The second-order valence-electron chi connectivity index (χ2n) is 8.09. The van der Waals surface area contributed by atoms with Gasteiger partial charge >= 0.3 is 6.09 Å². The van der Waals surface area contributed by atoms with E-state index in [1.807, 2.05) is 54.9 Å². The van der Waals surface area contributed by atoms with E-state index in [1.54, 1.807) is 11.2 Å². The summed E-state index contributed by atoms with van der Waals surface area (Å²) in [6.45, 7) is 4.31. The van der Waals surface area contributed by atoms with Crippen molar-refractivity contribution in [2.45, 2.75) is 38.8 Å². The molecule has 2 fully saturated rings. The fourth-order valence-corrected chi connectivity index (χ4v) is 3.98. The number of carbonyl (C=O) groups excluding carboxylic acids is 1. The van der Waals surface area contributed by atoms with Crippen molar-refractivity contribution in [3.63, 3.8) is 0 Å². The Kier molecular flexibility index (Phi) is 5.02. The van der Waals surface area contributed by atoms with Gasteiger partial charge in [0.25, 0.3) is 0 Å². The third kappa shape index (κ3) is 4.07. The third-order valence-electron chi connectivity index (χ3n) is 5.68. The molecule has 1 aromatic carbocycles. The molecule has 1 saturated carbocycles. The number of rotatable bonds is 6. The molecule has 31 heavy (non-hydrogen) atoms. The quantitative estimate of drug-likeness (QED) is 0.608. The number of nitrogens with zero attached hydrogens (tertiary/aromatic N) is 5. The summed E-state index contributed by atoms with van der Waals surface area (Å²) in [5.74, 6) is 1.53. The Hall–Kier alpha value is -3.13. The lowest BCUT2D eigenvalue weighted by molar-refractivity contribution is 0.178. The molecular formula is C22H23ClN6O2. The molecule has 160 valence electrons. The predicted octanol–water partition coefficient (Wildman–Crippen LogP) is 4.53. The number of benzene rings is 1. The highest BCUT2D eigenvalue weighted by atomic mass is 35.5. The molecule has 2 atom stereocenters. The Labute approximate surface area is 185 Å². The first kappa shape index (κ1) is 19.8. The highest BCUT2D eigenvalue weighted by Gasteiger charge is 2.44. The van der Waals surface area contributed by atoms with Crippen LogP contribution >= 0.6 is 11.6 Å².